The second-order valence-electron chi connectivity index (χ2n) is 5.14. The zero-order chi connectivity index (χ0) is 14.1. The molecule has 104 valence electrons. The normalized spacial score (nSPS) is 20.9. The highest BCUT2D eigenvalue weighted by Gasteiger charge is 2.29. The van der Waals surface area contributed by atoms with Crippen LogP contribution in [0, 0.1) is 6.92 Å². The maximum absolute atomic E-state index is 10.4. The van der Waals surface area contributed by atoms with E-state index in [0.29, 0.717) is 6.42 Å². The van der Waals surface area contributed by atoms with Crippen molar-refractivity contribution in [1.82, 2.24) is 0 Å². The van der Waals surface area contributed by atoms with Crippen molar-refractivity contribution in [2.45, 2.75) is 25.6 Å². The van der Waals surface area contributed by atoms with E-state index in [1.807, 2.05) is 49.4 Å². The van der Waals surface area contributed by atoms with Crippen molar-refractivity contribution in [3.8, 4) is 11.5 Å². The highest BCUT2D eigenvalue weighted by molar-refractivity contribution is 5.43. The number of benzene rings is 2. The van der Waals surface area contributed by atoms with E-state index in [4.69, 9.17) is 9.47 Å². The van der Waals surface area contributed by atoms with Crippen LogP contribution in [0.4, 0.5) is 0 Å². The Bertz CT molecular complexity index is 621. The van der Waals surface area contributed by atoms with Gasteiger partial charge < -0.3 is 14.6 Å². The molecule has 1 heterocycles. The topological polar surface area (TPSA) is 38.7 Å². The van der Waals surface area contributed by atoms with Gasteiger partial charge in [-0.05, 0) is 25.1 Å². The van der Waals surface area contributed by atoms with E-state index in [-0.39, 0.29) is 6.10 Å². The average molecular weight is 270 g/mol. The van der Waals surface area contributed by atoms with Gasteiger partial charge in [0.2, 0.25) is 0 Å². The van der Waals surface area contributed by atoms with Gasteiger partial charge in [0.15, 0.2) is 0 Å². The molecule has 1 aliphatic rings. The van der Waals surface area contributed by atoms with Gasteiger partial charge in [0.1, 0.15) is 17.6 Å². The van der Waals surface area contributed by atoms with Gasteiger partial charge in [-0.25, -0.2) is 0 Å². The summed E-state index contributed by atoms with van der Waals surface area (Å²) < 4.78 is 11.4. The Hall–Kier alpha value is -2.00. The molecule has 1 unspecified atom stereocenters. The predicted octanol–water partition coefficient (Wildman–Crippen LogP) is 3.56. The molecule has 3 nitrogen and oxygen atoms in total. The summed E-state index contributed by atoms with van der Waals surface area (Å²) in [6.07, 6.45) is -0.151. The minimum absolute atomic E-state index is 0.184. The van der Waals surface area contributed by atoms with Crippen LogP contribution in [0.5, 0.6) is 11.5 Å². The fourth-order valence-corrected chi connectivity index (χ4v) is 2.69. The molecule has 0 aliphatic carbocycles. The summed E-state index contributed by atoms with van der Waals surface area (Å²) in [5.41, 5.74) is 2.97. The molecular formula is C17H18O3. The van der Waals surface area contributed by atoms with Crippen molar-refractivity contribution < 1.29 is 14.6 Å². The second-order valence-corrected chi connectivity index (χ2v) is 5.14. The summed E-state index contributed by atoms with van der Waals surface area (Å²) in [4.78, 5) is 0. The third kappa shape index (κ3) is 2.25. The number of aliphatic hydroxyl groups is 1. The van der Waals surface area contributed by atoms with E-state index in [0.717, 1.165) is 28.2 Å². The minimum Gasteiger partial charge on any atom is -0.496 e. The first-order valence-electron chi connectivity index (χ1n) is 6.77. The van der Waals surface area contributed by atoms with Gasteiger partial charge in [0.25, 0.3) is 0 Å². The molecule has 0 amide bonds. The van der Waals surface area contributed by atoms with Crippen molar-refractivity contribution >= 4 is 0 Å². The lowest BCUT2D eigenvalue weighted by Crippen LogP contribution is -2.19. The Morgan fingerprint density at radius 3 is 2.75 bits per heavy atom. The smallest absolute Gasteiger partial charge is 0.130 e. The summed E-state index contributed by atoms with van der Waals surface area (Å²) >= 11 is 0. The van der Waals surface area contributed by atoms with E-state index in [9.17, 15) is 5.11 Å². The first kappa shape index (κ1) is 13.0. The predicted molar refractivity (Wildman–Crippen MR) is 77.1 cm³/mol. The summed E-state index contributed by atoms with van der Waals surface area (Å²) in [6, 6.07) is 13.7. The quantitative estimate of drug-likeness (QED) is 0.906. The standard InChI is InChI=1S/C17H18O3/c1-11-7-8-16-13(9-11)14(18)10-17(20-16)12-5-3-4-6-15(12)19-2/h3-9,14,17-18H,10H2,1-2H3/t14-,17?/m1/s1. The van der Waals surface area contributed by atoms with Crippen LogP contribution in [0.25, 0.3) is 0 Å². The summed E-state index contributed by atoms with van der Waals surface area (Å²) in [7, 11) is 1.65. The Balaban J connectivity index is 1.97. The van der Waals surface area contributed by atoms with Crippen LogP contribution in [-0.2, 0) is 0 Å². The molecule has 3 rings (SSSR count). The number of aliphatic hydroxyl groups excluding tert-OH is 1. The monoisotopic (exact) mass is 270 g/mol. The van der Waals surface area contributed by atoms with Gasteiger partial charge in [0, 0.05) is 17.5 Å². The fraction of sp³-hybridized carbons (Fsp3) is 0.294. The van der Waals surface area contributed by atoms with Crippen molar-refractivity contribution in [3.05, 3.63) is 59.2 Å². The lowest BCUT2D eigenvalue weighted by molar-refractivity contribution is 0.0644. The van der Waals surface area contributed by atoms with Crippen LogP contribution in [-0.4, -0.2) is 12.2 Å². The highest BCUT2D eigenvalue weighted by atomic mass is 16.5. The first-order valence-corrected chi connectivity index (χ1v) is 6.77. The van der Waals surface area contributed by atoms with E-state index in [1.54, 1.807) is 7.11 Å². The molecule has 2 aromatic carbocycles. The van der Waals surface area contributed by atoms with Gasteiger partial charge >= 0.3 is 0 Å². The number of fused-ring (bicyclic) bond motifs is 1. The molecule has 0 fully saturated rings. The van der Waals surface area contributed by atoms with Crippen LogP contribution >= 0.6 is 0 Å². The van der Waals surface area contributed by atoms with Crippen molar-refractivity contribution in [2.24, 2.45) is 0 Å². The Morgan fingerprint density at radius 1 is 1.15 bits per heavy atom. The number of rotatable bonds is 2. The van der Waals surface area contributed by atoms with E-state index in [2.05, 4.69) is 0 Å². The molecule has 0 saturated carbocycles. The van der Waals surface area contributed by atoms with Crippen molar-refractivity contribution in [3.63, 3.8) is 0 Å². The number of hydrogen-bond acceptors (Lipinski definition) is 3. The van der Waals surface area contributed by atoms with Crippen LogP contribution in [0.2, 0.25) is 0 Å². The van der Waals surface area contributed by atoms with Crippen LogP contribution in [0.1, 0.15) is 35.3 Å². The Labute approximate surface area is 118 Å². The van der Waals surface area contributed by atoms with Gasteiger partial charge in [-0.3, -0.25) is 0 Å². The molecule has 20 heavy (non-hydrogen) atoms. The number of aryl methyl sites for hydroxylation is 1. The summed E-state index contributed by atoms with van der Waals surface area (Å²) in [5.74, 6) is 1.55. The zero-order valence-electron chi connectivity index (χ0n) is 11.7. The number of para-hydroxylation sites is 1. The molecular weight excluding hydrogens is 252 g/mol. The minimum atomic E-state index is -0.506. The lowest BCUT2D eigenvalue weighted by Gasteiger charge is -2.30. The molecule has 0 aromatic heterocycles. The van der Waals surface area contributed by atoms with E-state index < -0.39 is 6.10 Å². The van der Waals surface area contributed by atoms with Crippen LogP contribution < -0.4 is 9.47 Å². The Morgan fingerprint density at radius 2 is 1.95 bits per heavy atom. The molecule has 3 heteroatoms. The van der Waals surface area contributed by atoms with Gasteiger partial charge in [-0.2, -0.15) is 0 Å². The lowest BCUT2D eigenvalue weighted by atomic mass is 9.93. The first-order chi connectivity index (χ1) is 9.69. The number of methoxy groups -OCH3 is 1. The third-order valence-corrected chi connectivity index (χ3v) is 3.72. The second kappa shape index (κ2) is 5.17. The van der Waals surface area contributed by atoms with Crippen LogP contribution in [0.15, 0.2) is 42.5 Å². The molecule has 2 atom stereocenters. The van der Waals surface area contributed by atoms with Gasteiger partial charge in [-0.15, -0.1) is 0 Å². The highest BCUT2D eigenvalue weighted by Crippen LogP contribution is 2.43. The summed E-state index contributed by atoms with van der Waals surface area (Å²) in [6.45, 7) is 2.01. The third-order valence-electron chi connectivity index (χ3n) is 3.72. The maximum Gasteiger partial charge on any atom is 0.130 e. The van der Waals surface area contributed by atoms with Gasteiger partial charge in [0.05, 0.1) is 13.2 Å². The van der Waals surface area contributed by atoms with Crippen LogP contribution in [0.3, 0.4) is 0 Å². The van der Waals surface area contributed by atoms with Gasteiger partial charge in [-0.1, -0.05) is 29.8 Å². The number of hydrogen-bond donors (Lipinski definition) is 1. The van der Waals surface area contributed by atoms with E-state index in [1.165, 1.54) is 0 Å². The zero-order valence-corrected chi connectivity index (χ0v) is 11.7. The molecule has 0 spiro atoms. The molecule has 0 saturated heterocycles. The largest absolute Gasteiger partial charge is 0.496 e. The molecule has 0 radical (unpaired) electrons. The number of ether oxygens (including phenoxy) is 2. The summed E-state index contributed by atoms with van der Waals surface area (Å²) in [5, 5.41) is 10.4. The van der Waals surface area contributed by atoms with Crippen molar-refractivity contribution in [2.75, 3.05) is 7.11 Å². The average Bonchev–Trinajstić information content (AvgIpc) is 2.47. The Kier molecular flexibility index (Phi) is 3.36. The fourth-order valence-electron chi connectivity index (χ4n) is 2.69. The van der Waals surface area contributed by atoms with Crippen molar-refractivity contribution in [1.29, 1.82) is 0 Å². The molecule has 1 aliphatic heterocycles. The molecule has 1 N–H and O–H groups in total. The maximum atomic E-state index is 10.4. The SMILES string of the molecule is COc1ccccc1C1C[C@@H](O)c2cc(C)ccc2O1. The molecule has 2 aromatic rings. The molecule has 0 bridgehead atoms. The van der Waals surface area contributed by atoms with E-state index >= 15 is 0 Å².